The molecule has 25 heavy (non-hydrogen) atoms. The number of aromatic nitrogens is 1. The Balaban J connectivity index is 1.97. The zero-order valence-corrected chi connectivity index (χ0v) is 15.3. The van der Waals surface area contributed by atoms with E-state index >= 15 is 0 Å². The molecule has 0 aliphatic carbocycles. The van der Waals surface area contributed by atoms with E-state index < -0.39 is 7.82 Å². The van der Waals surface area contributed by atoms with Crippen LogP contribution in [0.5, 0.6) is 5.75 Å². The van der Waals surface area contributed by atoms with Gasteiger partial charge >= 0.3 is 7.82 Å². The molecule has 5 nitrogen and oxygen atoms in total. The first-order valence-electron chi connectivity index (χ1n) is 8.37. The Hall–Kier alpha value is -2.07. The van der Waals surface area contributed by atoms with E-state index in [9.17, 15) is 4.57 Å². The maximum Gasteiger partial charge on any atom is 0.530 e. The van der Waals surface area contributed by atoms with E-state index in [1.165, 1.54) is 5.56 Å². The first-order valence-corrected chi connectivity index (χ1v) is 9.83. The lowest BCUT2D eigenvalue weighted by Crippen LogP contribution is -2.02. The van der Waals surface area contributed by atoms with Crippen LogP contribution in [-0.4, -0.2) is 17.6 Å². The molecule has 0 radical (unpaired) electrons. The molecule has 0 spiro atoms. The van der Waals surface area contributed by atoms with Crippen LogP contribution in [0.3, 0.4) is 0 Å². The van der Waals surface area contributed by atoms with Gasteiger partial charge in [0, 0.05) is 24.4 Å². The summed E-state index contributed by atoms with van der Waals surface area (Å²) >= 11 is 0. The van der Waals surface area contributed by atoms with Crippen LogP contribution in [0.1, 0.15) is 25.1 Å². The van der Waals surface area contributed by atoms with Gasteiger partial charge in [0.25, 0.3) is 0 Å². The minimum Gasteiger partial charge on any atom is -0.402 e. The lowest BCUT2D eigenvalue weighted by molar-refractivity contribution is 0.168. The smallest absolute Gasteiger partial charge is 0.402 e. The molecule has 3 aromatic rings. The van der Waals surface area contributed by atoms with Crippen molar-refractivity contribution in [3.8, 4) is 5.75 Å². The molecule has 0 saturated carbocycles. The fourth-order valence-corrected chi connectivity index (χ4v) is 3.93. The fraction of sp³-hybridized carbons (Fsp3) is 0.263. The number of nitrogens with zero attached hydrogens (tertiary/aromatic N) is 1. The second-order valence-corrected chi connectivity index (χ2v) is 7.09. The molecule has 0 unspecified atom stereocenters. The molecule has 1 aromatic carbocycles. The highest BCUT2D eigenvalue weighted by Crippen LogP contribution is 2.50. The summed E-state index contributed by atoms with van der Waals surface area (Å²) in [7, 11) is -3.63. The number of benzene rings is 1. The Bertz CT molecular complexity index is 866. The molecule has 0 saturated heterocycles. The lowest BCUT2D eigenvalue weighted by atomic mass is 10.1. The van der Waals surface area contributed by atoms with E-state index in [4.69, 9.17) is 13.6 Å². The summed E-state index contributed by atoms with van der Waals surface area (Å²) in [6, 6.07) is 17.9. The molecule has 2 aromatic heterocycles. The molecule has 6 heteroatoms. The summed E-state index contributed by atoms with van der Waals surface area (Å²) in [5, 5.41) is 0. The minimum atomic E-state index is -3.63. The van der Waals surface area contributed by atoms with Crippen molar-refractivity contribution >= 4 is 13.3 Å². The van der Waals surface area contributed by atoms with E-state index in [1.54, 1.807) is 13.8 Å². The van der Waals surface area contributed by atoms with Gasteiger partial charge in [-0.15, -0.1) is 0 Å². The molecule has 132 valence electrons. The van der Waals surface area contributed by atoms with Crippen molar-refractivity contribution in [2.45, 2.75) is 20.3 Å². The molecule has 0 aliphatic heterocycles. The number of hydrogen-bond acceptors (Lipinski definition) is 4. The lowest BCUT2D eigenvalue weighted by Gasteiger charge is -2.16. The van der Waals surface area contributed by atoms with Gasteiger partial charge < -0.3 is 8.92 Å². The number of phosphoric ester groups is 1. The number of pyridine rings is 1. The van der Waals surface area contributed by atoms with Crippen molar-refractivity contribution in [1.29, 1.82) is 0 Å². The van der Waals surface area contributed by atoms with Crippen LogP contribution < -0.4 is 4.52 Å². The van der Waals surface area contributed by atoms with Crippen molar-refractivity contribution in [1.82, 2.24) is 4.40 Å². The first-order chi connectivity index (χ1) is 12.1. The number of hydrogen-bond donors (Lipinski definition) is 0. The van der Waals surface area contributed by atoms with Crippen LogP contribution in [-0.2, 0) is 20.0 Å². The third kappa shape index (κ3) is 4.13. The van der Waals surface area contributed by atoms with Gasteiger partial charge in [-0.25, -0.2) is 4.57 Å². The molecular weight excluding hydrogens is 337 g/mol. The summed E-state index contributed by atoms with van der Waals surface area (Å²) < 4.78 is 31.0. The second-order valence-electron chi connectivity index (χ2n) is 5.49. The van der Waals surface area contributed by atoms with Gasteiger partial charge in [0.2, 0.25) is 0 Å². The van der Waals surface area contributed by atoms with Crippen LogP contribution in [0.15, 0.2) is 60.8 Å². The van der Waals surface area contributed by atoms with Crippen LogP contribution in [0, 0.1) is 0 Å². The monoisotopic (exact) mass is 359 g/mol. The van der Waals surface area contributed by atoms with Crippen LogP contribution in [0.2, 0.25) is 0 Å². The molecule has 0 aliphatic rings. The Morgan fingerprint density at radius 3 is 2.32 bits per heavy atom. The third-order valence-electron chi connectivity index (χ3n) is 3.73. The van der Waals surface area contributed by atoms with Crippen molar-refractivity contribution in [2.24, 2.45) is 0 Å². The van der Waals surface area contributed by atoms with E-state index in [0.717, 1.165) is 17.6 Å². The maximum atomic E-state index is 12.7. The SMILES string of the molecule is CCOP(=O)(OCC)Oc1cc(Cc2ccccc2)n2ccccc12. The van der Waals surface area contributed by atoms with E-state index in [-0.39, 0.29) is 13.2 Å². The third-order valence-corrected chi connectivity index (χ3v) is 5.30. The largest absolute Gasteiger partial charge is 0.530 e. The fourth-order valence-electron chi connectivity index (χ4n) is 2.73. The summed E-state index contributed by atoms with van der Waals surface area (Å²) in [5.41, 5.74) is 3.06. The molecule has 0 amide bonds. The van der Waals surface area contributed by atoms with Crippen molar-refractivity contribution < 1.29 is 18.1 Å². The second kappa shape index (κ2) is 7.87. The highest BCUT2D eigenvalue weighted by molar-refractivity contribution is 7.48. The molecule has 0 atom stereocenters. The molecular formula is C19H22NO4P. The van der Waals surface area contributed by atoms with Gasteiger partial charge in [-0.05, 0) is 31.5 Å². The summed E-state index contributed by atoms with van der Waals surface area (Å²) in [5.74, 6) is 0.497. The Morgan fingerprint density at radius 1 is 0.960 bits per heavy atom. The van der Waals surface area contributed by atoms with Gasteiger partial charge in [-0.3, -0.25) is 9.05 Å². The molecule has 3 rings (SSSR count). The summed E-state index contributed by atoms with van der Waals surface area (Å²) in [6.45, 7) is 4.02. The quantitative estimate of drug-likeness (QED) is 0.526. The number of rotatable bonds is 8. The predicted octanol–water partition coefficient (Wildman–Crippen LogP) is 5.09. The predicted molar refractivity (Wildman–Crippen MR) is 98.1 cm³/mol. The molecule has 0 fully saturated rings. The topological polar surface area (TPSA) is 49.2 Å². The minimum absolute atomic E-state index is 0.250. The average molecular weight is 359 g/mol. The standard InChI is InChI=1S/C19H22NO4P/c1-3-22-25(21,23-4-2)24-19-15-17(14-16-10-6-5-7-11-16)20-13-9-8-12-18(19)20/h5-13,15H,3-4,14H2,1-2H3. The highest BCUT2D eigenvalue weighted by atomic mass is 31.2. The first kappa shape index (κ1) is 17.7. The van der Waals surface area contributed by atoms with Crippen LogP contribution in [0.25, 0.3) is 5.52 Å². The van der Waals surface area contributed by atoms with E-state index in [1.807, 2.05) is 53.1 Å². The van der Waals surface area contributed by atoms with Crippen LogP contribution in [0.4, 0.5) is 0 Å². The molecule has 0 bridgehead atoms. The van der Waals surface area contributed by atoms with E-state index in [2.05, 4.69) is 12.1 Å². The average Bonchev–Trinajstić information content (AvgIpc) is 2.94. The zero-order valence-electron chi connectivity index (χ0n) is 14.4. The molecule has 2 heterocycles. The van der Waals surface area contributed by atoms with Gasteiger partial charge in [0.05, 0.1) is 18.7 Å². The van der Waals surface area contributed by atoms with Crippen LogP contribution >= 0.6 is 7.82 Å². The van der Waals surface area contributed by atoms with Gasteiger partial charge in [-0.1, -0.05) is 36.4 Å². The van der Waals surface area contributed by atoms with Crippen molar-refractivity contribution in [3.63, 3.8) is 0 Å². The van der Waals surface area contributed by atoms with E-state index in [0.29, 0.717) is 5.75 Å². The highest BCUT2D eigenvalue weighted by Gasteiger charge is 2.29. The van der Waals surface area contributed by atoms with Gasteiger partial charge in [0.15, 0.2) is 5.75 Å². The molecule has 0 N–H and O–H groups in total. The van der Waals surface area contributed by atoms with Crippen molar-refractivity contribution in [2.75, 3.05) is 13.2 Å². The number of fused-ring (bicyclic) bond motifs is 1. The zero-order chi connectivity index (χ0) is 17.7. The Labute approximate surface area is 147 Å². The summed E-state index contributed by atoms with van der Waals surface area (Å²) in [6.07, 6.45) is 2.70. The maximum absolute atomic E-state index is 12.7. The summed E-state index contributed by atoms with van der Waals surface area (Å²) in [4.78, 5) is 0. The Kier molecular flexibility index (Phi) is 5.59. The number of phosphoric acid groups is 1. The Morgan fingerprint density at radius 2 is 1.64 bits per heavy atom. The van der Waals surface area contributed by atoms with Crippen molar-refractivity contribution in [3.05, 3.63) is 72.1 Å². The van der Waals surface area contributed by atoms with Gasteiger partial charge in [-0.2, -0.15) is 0 Å². The van der Waals surface area contributed by atoms with Gasteiger partial charge in [0.1, 0.15) is 0 Å². The normalized spacial score (nSPS) is 11.8.